The van der Waals surface area contributed by atoms with E-state index in [2.05, 4.69) is 18.7 Å². The number of rotatable bonds is 3. The fourth-order valence-corrected chi connectivity index (χ4v) is 3.30. The molecule has 0 aliphatic heterocycles. The second-order valence-corrected chi connectivity index (χ2v) is 5.77. The zero-order chi connectivity index (χ0) is 8.81. The van der Waals surface area contributed by atoms with Gasteiger partial charge in [0.05, 0.1) is 0 Å². The maximum absolute atomic E-state index is 5.79. The van der Waals surface area contributed by atoms with Crippen LogP contribution in [0, 0.1) is 0 Å². The lowest BCUT2D eigenvalue weighted by molar-refractivity contribution is 0.702. The third kappa shape index (κ3) is 4.04. The largest absolute Gasteiger partial charge is 0.154 e. The van der Waals surface area contributed by atoms with Gasteiger partial charge in [0.2, 0.25) is 0 Å². The molecule has 1 unspecified atom stereocenters. The van der Waals surface area contributed by atoms with Gasteiger partial charge in [0.25, 0.3) is 0 Å². The second-order valence-electron chi connectivity index (χ2n) is 3.71. The quantitative estimate of drug-likeness (QED) is 0.496. The predicted octanol–water partition coefficient (Wildman–Crippen LogP) is 4.07. The van der Waals surface area contributed by atoms with Crippen LogP contribution >= 0.6 is 23.4 Å². The van der Waals surface area contributed by atoms with Crippen molar-refractivity contribution < 1.29 is 0 Å². The fourth-order valence-electron chi connectivity index (χ4n) is 1.74. The summed E-state index contributed by atoms with van der Waals surface area (Å²) in [5.41, 5.74) is 0. The maximum Gasteiger partial charge on any atom is 0.0340 e. The Morgan fingerprint density at radius 3 is 2.33 bits per heavy atom. The first-order valence-electron chi connectivity index (χ1n) is 5.04. The average molecular weight is 207 g/mol. The van der Waals surface area contributed by atoms with E-state index in [9.17, 15) is 0 Å². The van der Waals surface area contributed by atoms with Gasteiger partial charge in [-0.05, 0) is 12.8 Å². The molecule has 1 aliphatic rings. The van der Waals surface area contributed by atoms with Crippen molar-refractivity contribution in [2.24, 2.45) is 0 Å². The monoisotopic (exact) mass is 206 g/mol. The topological polar surface area (TPSA) is 0 Å². The molecule has 0 N–H and O–H groups in total. The third-order valence-corrected chi connectivity index (χ3v) is 4.58. The van der Waals surface area contributed by atoms with Gasteiger partial charge >= 0.3 is 0 Å². The number of thioether (sulfide) groups is 1. The molecule has 0 spiro atoms. The van der Waals surface area contributed by atoms with Crippen molar-refractivity contribution in [1.29, 1.82) is 0 Å². The molecular weight excluding hydrogens is 188 g/mol. The highest BCUT2D eigenvalue weighted by molar-refractivity contribution is 8.00. The van der Waals surface area contributed by atoms with Crippen LogP contribution in [0.4, 0.5) is 0 Å². The smallest absolute Gasteiger partial charge is 0.0340 e. The number of alkyl halides is 1. The van der Waals surface area contributed by atoms with E-state index in [0.29, 0.717) is 5.25 Å². The van der Waals surface area contributed by atoms with Crippen molar-refractivity contribution >= 4 is 23.4 Å². The first kappa shape index (κ1) is 10.7. The van der Waals surface area contributed by atoms with E-state index in [1.807, 2.05) is 0 Å². The molecule has 0 radical (unpaired) electrons. The standard InChI is InChI=1S/C10H19ClS/c1-9(8-11)12-10-6-4-2-3-5-7-10/h9-10H,2-8H2,1H3. The fraction of sp³-hybridized carbons (Fsp3) is 1.00. The molecule has 0 aromatic rings. The van der Waals surface area contributed by atoms with Crippen molar-refractivity contribution in [2.75, 3.05) is 5.88 Å². The van der Waals surface area contributed by atoms with Gasteiger partial charge in [-0.3, -0.25) is 0 Å². The molecule has 1 atom stereocenters. The SMILES string of the molecule is CC(CCl)SC1CCCCCC1. The van der Waals surface area contributed by atoms with Crippen LogP contribution in [0.25, 0.3) is 0 Å². The number of hydrogen-bond donors (Lipinski definition) is 0. The summed E-state index contributed by atoms with van der Waals surface area (Å²) in [7, 11) is 0. The zero-order valence-corrected chi connectivity index (χ0v) is 9.46. The van der Waals surface area contributed by atoms with E-state index in [4.69, 9.17) is 11.6 Å². The van der Waals surface area contributed by atoms with E-state index in [-0.39, 0.29) is 0 Å². The summed E-state index contributed by atoms with van der Waals surface area (Å²) in [6, 6.07) is 0. The molecule has 72 valence electrons. The Hall–Kier alpha value is 0.640. The van der Waals surface area contributed by atoms with Gasteiger partial charge in [0.1, 0.15) is 0 Å². The molecule has 0 saturated heterocycles. The minimum absolute atomic E-state index is 0.648. The molecular formula is C10H19ClS. The summed E-state index contributed by atoms with van der Waals surface area (Å²) in [6.45, 7) is 2.24. The van der Waals surface area contributed by atoms with Crippen LogP contribution in [0.5, 0.6) is 0 Å². The van der Waals surface area contributed by atoms with Crippen molar-refractivity contribution in [2.45, 2.75) is 55.9 Å². The van der Waals surface area contributed by atoms with Crippen LogP contribution in [0.3, 0.4) is 0 Å². The van der Waals surface area contributed by atoms with E-state index in [0.717, 1.165) is 11.1 Å². The van der Waals surface area contributed by atoms with Crippen LogP contribution in [0.15, 0.2) is 0 Å². The van der Waals surface area contributed by atoms with Crippen LogP contribution in [0.1, 0.15) is 45.4 Å². The lowest BCUT2D eigenvalue weighted by atomic mass is 10.2. The van der Waals surface area contributed by atoms with Gasteiger partial charge in [-0.25, -0.2) is 0 Å². The maximum atomic E-state index is 5.79. The van der Waals surface area contributed by atoms with Gasteiger partial charge in [-0.1, -0.05) is 32.6 Å². The van der Waals surface area contributed by atoms with E-state index >= 15 is 0 Å². The Balaban J connectivity index is 2.20. The Morgan fingerprint density at radius 1 is 1.25 bits per heavy atom. The zero-order valence-electron chi connectivity index (χ0n) is 7.89. The van der Waals surface area contributed by atoms with E-state index in [1.165, 1.54) is 38.5 Å². The summed E-state index contributed by atoms with van der Waals surface area (Å²) < 4.78 is 0. The molecule has 0 nitrogen and oxygen atoms in total. The highest BCUT2D eigenvalue weighted by Crippen LogP contribution is 2.30. The molecule has 0 amide bonds. The van der Waals surface area contributed by atoms with Gasteiger partial charge in [0, 0.05) is 16.4 Å². The predicted molar refractivity (Wildman–Crippen MR) is 59.3 cm³/mol. The molecule has 1 rings (SSSR count). The number of halogens is 1. The molecule has 12 heavy (non-hydrogen) atoms. The summed E-state index contributed by atoms with van der Waals surface area (Å²) >= 11 is 7.89. The third-order valence-electron chi connectivity index (χ3n) is 2.44. The Kier molecular flexibility index (Phi) is 5.49. The van der Waals surface area contributed by atoms with Gasteiger partial charge < -0.3 is 0 Å². The van der Waals surface area contributed by atoms with Crippen molar-refractivity contribution in [3.05, 3.63) is 0 Å². The average Bonchev–Trinajstić information content (AvgIpc) is 2.33. The van der Waals surface area contributed by atoms with Crippen LogP contribution in [-0.2, 0) is 0 Å². The van der Waals surface area contributed by atoms with Crippen LogP contribution in [-0.4, -0.2) is 16.4 Å². The van der Waals surface area contributed by atoms with Crippen LogP contribution < -0.4 is 0 Å². The second kappa shape index (κ2) is 6.15. The van der Waals surface area contributed by atoms with Crippen molar-refractivity contribution in [3.8, 4) is 0 Å². The summed E-state index contributed by atoms with van der Waals surface area (Å²) in [5.74, 6) is 0.807. The van der Waals surface area contributed by atoms with Crippen molar-refractivity contribution in [3.63, 3.8) is 0 Å². The summed E-state index contributed by atoms with van der Waals surface area (Å²) in [4.78, 5) is 0. The molecule has 2 heteroatoms. The minimum Gasteiger partial charge on any atom is -0.154 e. The Labute approximate surface area is 85.4 Å². The van der Waals surface area contributed by atoms with Gasteiger partial charge in [-0.2, -0.15) is 11.8 Å². The summed E-state index contributed by atoms with van der Waals surface area (Å²) in [5, 5.41) is 1.55. The molecule has 0 bridgehead atoms. The highest BCUT2D eigenvalue weighted by atomic mass is 35.5. The van der Waals surface area contributed by atoms with Gasteiger partial charge in [-0.15, -0.1) is 11.6 Å². The summed E-state index contributed by atoms with van der Waals surface area (Å²) in [6.07, 6.45) is 8.62. The normalized spacial score (nSPS) is 23.5. The first-order valence-corrected chi connectivity index (χ1v) is 6.52. The molecule has 1 saturated carbocycles. The lowest BCUT2D eigenvalue weighted by Gasteiger charge is -2.16. The first-order chi connectivity index (χ1) is 5.83. The molecule has 1 aliphatic carbocycles. The molecule has 0 heterocycles. The van der Waals surface area contributed by atoms with E-state index in [1.54, 1.807) is 0 Å². The molecule has 0 aromatic heterocycles. The van der Waals surface area contributed by atoms with Crippen LogP contribution in [0.2, 0.25) is 0 Å². The molecule has 1 fully saturated rings. The molecule has 0 aromatic carbocycles. The van der Waals surface area contributed by atoms with Gasteiger partial charge in [0.15, 0.2) is 0 Å². The highest BCUT2D eigenvalue weighted by Gasteiger charge is 2.14. The van der Waals surface area contributed by atoms with Crippen molar-refractivity contribution in [1.82, 2.24) is 0 Å². The van der Waals surface area contributed by atoms with E-state index < -0.39 is 0 Å². The number of hydrogen-bond acceptors (Lipinski definition) is 1. The minimum atomic E-state index is 0.648. The lowest BCUT2D eigenvalue weighted by Crippen LogP contribution is -2.08. The Morgan fingerprint density at radius 2 is 1.83 bits per heavy atom. The Bertz CT molecular complexity index is 108.